The first-order valence-electron chi connectivity index (χ1n) is 17.3. The molecule has 0 saturated carbocycles. The molecule has 48 heavy (non-hydrogen) atoms. The molecule has 0 radical (unpaired) electrons. The van der Waals surface area contributed by atoms with Crippen molar-refractivity contribution in [3.8, 4) is 0 Å². The van der Waals surface area contributed by atoms with Crippen LogP contribution in [0.3, 0.4) is 0 Å². The summed E-state index contributed by atoms with van der Waals surface area (Å²) in [6.07, 6.45) is 1.71. The number of unbranched alkanes of at least 4 members (excludes halogenated alkanes) is 1. The van der Waals surface area contributed by atoms with E-state index < -0.39 is 0 Å². The molecular weight excluding hydrogens is 588 g/mol. The fourth-order valence-electron chi connectivity index (χ4n) is 6.92. The van der Waals surface area contributed by atoms with Crippen LogP contribution in [0.25, 0.3) is 21.5 Å². The van der Waals surface area contributed by atoms with E-state index >= 15 is 0 Å². The Morgan fingerprint density at radius 2 is 0.792 bits per heavy atom. The molecule has 246 valence electrons. The van der Waals surface area contributed by atoms with Crippen LogP contribution >= 0.6 is 0 Å². The Kier molecular flexibility index (Phi) is 12.0. The van der Waals surface area contributed by atoms with Gasteiger partial charge in [0.2, 0.25) is 0 Å². The molecule has 0 bridgehead atoms. The third-order valence-electron chi connectivity index (χ3n) is 9.37. The molecule has 4 nitrogen and oxygen atoms in total. The summed E-state index contributed by atoms with van der Waals surface area (Å²) in [7, 11) is 4.05. The minimum atomic E-state index is -0.0642. The molecule has 0 aromatic heterocycles. The van der Waals surface area contributed by atoms with Gasteiger partial charge in [-0.3, -0.25) is 0 Å². The van der Waals surface area contributed by atoms with Crippen molar-refractivity contribution in [2.45, 2.75) is 36.9 Å². The largest absolute Gasteiger partial charge is 0.373 e. The average molecular weight is 637 g/mol. The maximum Gasteiger partial charge on any atom is 0.0905 e. The van der Waals surface area contributed by atoms with Gasteiger partial charge in [0.05, 0.1) is 12.2 Å². The molecule has 6 aromatic carbocycles. The molecule has 6 aromatic rings. The van der Waals surface area contributed by atoms with E-state index in [2.05, 4.69) is 156 Å². The third-order valence-corrected chi connectivity index (χ3v) is 9.37. The maximum atomic E-state index is 6.79. The Bertz CT molecular complexity index is 1700. The molecule has 4 atom stereocenters. The predicted octanol–water partition coefficient (Wildman–Crippen LogP) is 9.60. The zero-order valence-corrected chi connectivity index (χ0v) is 28.2. The number of fused-ring (bicyclic) bond motifs is 2. The number of likely N-dealkylation sites (N-methyl/N-ethyl adjacent to an activating group) is 2. The summed E-state index contributed by atoms with van der Waals surface area (Å²) < 4.78 is 13.6. The van der Waals surface area contributed by atoms with Crippen LogP contribution in [0.4, 0.5) is 0 Å². The normalized spacial score (nSPS) is 14.1. The first-order chi connectivity index (χ1) is 23.7. The molecule has 4 heteroatoms. The molecule has 0 saturated heterocycles. The first-order valence-corrected chi connectivity index (χ1v) is 17.3. The highest BCUT2D eigenvalue weighted by Crippen LogP contribution is 2.37. The second-order valence-corrected chi connectivity index (χ2v) is 12.7. The third kappa shape index (κ3) is 8.39. The van der Waals surface area contributed by atoms with Gasteiger partial charge in [-0.15, -0.1) is 0 Å². The summed E-state index contributed by atoms with van der Waals surface area (Å²) in [6.45, 7) is 2.97. The van der Waals surface area contributed by atoms with E-state index in [-0.39, 0.29) is 24.0 Å². The standard InChI is InChI=1S/C44H48N2O2/c1-45-31-41(39-25-23-33-15-9-11-21-37(33)29-39)43(35-17-5-3-6-18-35)47-27-13-14-28-48-44(36-19-7-4-8-20-36)42(32-46-2)40-26-24-34-16-10-12-22-38(34)30-40/h3-12,15-26,29-30,41-46H,13-14,27-28,31-32H2,1-2H3/t41-,42?,43?,44+/m1/s1. The molecule has 0 aliphatic heterocycles. The Balaban J connectivity index is 1.14. The summed E-state index contributed by atoms with van der Waals surface area (Å²) in [6, 6.07) is 52.1. The van der Waals surface area contributed by atoms with Crippen molar-refractivity contribution in [3.63, 3.8) is 0 Å². The van der Waals surface area contributed by atoms with Crippen LogP contribution in [0.5, 0.6) is 0 Å². The summed E-state index contributed by atoms with van der Waals surface area (Å²) in [5.41, 5.74) is 4.98. The minimum Gasteiger partial charge on any atom is -0.373 e. The van der Waals surface area contributed by atoms with Crippen LogP contribution in [0.2, 0.25) is 0 Å². The molecule has 0 fully saturated rings. The summed E-state index contributed by atoms with van der Waals surface area (Å²) >= 11 is 0. The number of nitrogens with one attached hydrogen (secondary N) is 2. The van der Waals surface area contributed by atoms with Gasteiger partial charge < -0.3 is 20.1 Å². The van der Waals surface area contributed by atoms with Gasteiger partial charge in [0.15, 0.2) is 0 Å². The Morgan fingerprint density at radius 1 is 0.417 bits per heavy atom. The van der Waals surface area contributed by atoms with E-state index in [1.165, 1.54) is 43.8 Å². The van der Waals surface area contributed by atoms with Crippen LogP contribution in [0.1, 0.15) is 59.1 Å². The molecule has 6 rings (SSSR count). The van der Waals surface area contributed by atoms with E-state index in [1.54, 1.807) is 0 Å². The summed E-state index contributed by atoms with van der Waals surface area (Å²) in [4.78, 5) is 0. The number of benzene rings is 6. The smallest absolute Gasteiger partial charge is 0.0905 e. The SMILES string of the molecule is CNCC(c1ccc2ccccc2c1)[C@@H](OCCCCOC(c1ccccc1)[C@H](CNC)c1ccc2ccccc2c1)c1ccccc1. The quantitative estimate of drug-likeness (QED) is 0.0979. The Morgan fingerprint density at radius 3 is 1.19 bits per heavy atom. The van der Waals surface area contributed by atoms with Gasteiger partial charge in [-0.25, -0.2) is 0 Å². The van der Waals surface area contributed by atoms with Crippen molar-refractivity contribution >= 4 is 21.5 Å². The minimum absolute atomic E-state index is 0.0642. The van der Waals surface area contributed by atoms with Crippen LogP contribution in [-0.2, 0) is 9.47 Å². The lowest BCUT2D eigenvalue weighted by atomic mass is 9.87. The molecule has 2 unspecified atom stereocenters. The predicted molar refractivity (Wildman–Crippen MR) is 201 cm³/mol. The second kappa shape index (κ2) is 17.2. The summed E-state index contributed by atoms with van der Waals surface area (Å²) in [5.74, 6) is 0.343. The lowest BCUT2D eigenvalue weighted by molar-refractivity contribution is 0.0109. The van der Waals surface area contributed by atoms with E-state index in [1.807, 2.05) is 14.1 Å². The van der Waals surface area contributed by atoms with Gasteiger partial charge >= 0.3 is 0 Å². The Labute approximate surface area is 286 Å². The molecule has 0 amide bonds. The van der Waals surface area contributed by atoms with Crippen LogP contribution in [0, 0.1) is 0 Å². The second-order valence-electron chi connectivity index (χ2n) is 12.7. The topological polar surface area (TPSA) is 42.5 Å². The van der Waals surface area contributed by atoms with Crippen LogP contribution in [-0.4, -0.2) is 40.4 Å². The number of rotatable bonds is 17. The highest BCUT2D eigenvalue weighted by atomic mass is 16.5. The van der Waals surface area contributed by atoms with Crippen molar-refractivity contribution in [3.05, 3.63) is 168 Å². The fraction of sp³-hybridized carbons (Fsp3) is 0.273. The van der Waals surface area contributed by atoms with E-state index in [0.29, 0.717) is 13.2 Å². The van der Waals surface area contributed by atoms with Crippen molar-refractivity contribution in [2.24, 2.45) is 0 Å². The zero-order valence-electron chi connectivity index (χ0n) is 28.2. The number of hydrogen-bond donors (Lipinski definition) is 2. The zero-order chi connectivity index (χ0) is 33.0. The molecule has 0 spiro atoms. The highest BCUT2D eigenvalue weighted by molar-refractivity contribution is 5.84. The first kappa shape index (κ1) is 33.6. The molecule has 2 N–H and O–H groups in total. The van der Waals surface area contributed by atoms with Crippen molar-refractivity contribution in [1.29, 1.82) is 0 Å². The lowest BCUT2D eigenvalue weighted by Gasteiger charge is -2.29. The van der Waals surface area contributed by atoms with Crippen molar-refractivity contribution < 1.29 is 9.47 Å². The maximum absolute atomic E-state index is 6.79. The lowest BCUT2D eigenvalue weighted by Crippen LogP contribution is -2.26. The average Bonchev–Trinajstić information content (AvgIpc) is 3.15. The van der Waals surface area contributed by atoms with Gasteiger partial charge in [-0.1, -0.05) is 146 Å². The van der Waals surface area contributed by atoms with Gasteiger partial charge in [-0.2, -0.15) is 0 Å². The number of hydrogen-bond acceptors (Lipinski definition) is 4. The van der Waals surface area contributed by atoms with Crippen molar-refractivity contribution in [1.82, 2.24) is 10.6 Å². The molecular formula is C44H48N2O2. The van der Waals surface area contributed by atoms with E-state index in [0.717, 1.165) is 25.9 Å². The van der Waals surface area contributed by atoms with Crippen molar-refractivity contribution in [2.75, 3.05) is 40.4 Å². The van der Waals surface area contributed by atoms with Gasteiger partial charge in [0.1, 0.15) is 0 Å². The molecule has 0 heterocycles. The van der Waals surface area contributed by atoms with Crippen LogP contribution < -0.4 is 10.6 Å². The summed E-state index contributed by atoms with van der Waals surface area (Å²) in [5, 5.41) is 11.9. The molecule has 0 aliphatic carbocycles. The van der Waals surface area contributed by atoms with E-state index in [4.69, 9.17) is 9.47 Å². The van der Waals surface area contributed by atoms with Gasteiger partial charge in [0.25, 0.3) is 0 Å². The van der Waals surface area contributed by atoms with Gasteiger partial charge in [-0.05, 0) is 70.7 Å². The van der Waals surface area contributed by atoms with E-state index in [9.17, 15) is 0 Å². The monoisotopic (exact) mass is 636 g/mol. The van der Waals surface area contributed by atoms with Gasteiger partial charge in [0, 0.05) is 38.1 Å². The molecule has 0 aliphatic rings. The fourth-order valence-corrected chi connectivity index (χ4v) is 6.92. The number of ether oxygens (including phenoxy) is 2. The highest BCUT2D eigenvalue weighted by Gasteiger charge is 2.27. The van der Waals surface area contributed by atoms with Crippen LogP contribution in [0.15, 0.2) is 146 Å². The Hall–Kier alpha value is -4.32.